The fourth-order valence-electron chi connectivity index (χ4n) is 1.03. The summed E-state index contributed by atoms with van der Waals surface area (Å²) >= 11 is 0.925. The van der Waals surface area contributed by atoms with E-state index < -0.39 is 16.2 Å². The number of nitrogens with zero attached hydrogens (tertiary/aromatic N) is 2. The Hall–Kier alpha value is -1.45. The Labute approximate surface area is 116 Å². The van der Waals surface area contributed by atoms with Crippen molar-refractivity contribution in [3.8, 4) is 0 Å². The Kier molecular flexibility index (Phi) is 5.04. The third-order valence-corrected chi connectivity index (χ3v) is 4.61. The lowest BCUT2D eigenvalue weighted by molar-refractivity contribution is 0.0554. The number of carbonyl (C=O) groups is 1. The minimum absolute atomic E-state index is 0.0922. The molecule has 0 saturated carbocycles. The Balaban J connectivity index is 2.91. The molecule has 106 valence electrons. The van der Waals surface area contributed by atoms with Gasteiger partial charge in [-0.15, -0.1) is 0 Å². The van der Waals surface area contributed by atoms with E-state index in [1.165, 1.54) is 20.2 Å². The number of anilines is 1. The van der Waals surface area contributed by atoms with Gasteiger partial charge in [0, 0.05) is 14.1 Å². The van der Waals surface area contributed by atoms with Gasteiger partial charge < -0.3 is 4.74 Å². The van der Waals surface area contributed by atoms with Crippen LogP contribution in [0, 0.1) is 6.92 Å². The quantitative estimate of drug-likeness (QED) is 0.626. The molecule has 0 bridgehead atoms. The zero-order valence-electron chi connectivity index (χ0n) is 10.8. The van der Waals surface area contributed by atoms with E-state index in [0.29, 0.717) is 5.69 Å². The zero-order chi connectivity index (χ0) is 14.6. The molecule has 1 rings (SSSR count). The molecule has 0 aliphatic carbocycles. The standard InChI is InChI=1S/C10H15N3O4S2/c1-5-6-17-9(14)8-7(2)11-10(18-8)12-19(15,16)13(3)4/h5H,1,6H2,2-4H3,(H,11,12). The molecule has 7 nitrogen and oxygen atoms in total. The largest absolute Gasteiger partial charge is 0.457 e. The maximum atomic E-state index is 11.6. The van der Waals surface area contributed by atoms with Crippen LogP contribution < -0.4 is 4.72 Å². The summed E-state index contributed by atoms with van der Waals surface area (Å²) in [7, 11) is -0.853. The van der Waals surface area contributed by atoms with Crippen molar-refractivity contribution in [1.29, 1.82) is 0 Å². The van der Waals surface area contributed by atoms with Crippen LogP contribution >= 0.6 is 11.3 Å². The molecule has 0 fully saturated rings. The fraction of sp³-hybridized carbons (Fsp3) is 0.400. The van der Waals surface area contributed by atoms with Gasteiger partial charge in [-0.3, -0.25) is 0 Å². The average molecular weight is 305 g/mol. The van der Waals surface area contributed by atoms with E-state index >= 15 is 0 Å². The summed E-state index contributed by atoms with van der Waals surface area (Å²) in [6.07, 6.45) is 1.45. The van der Waals surface area contributed by atoms with Crippen LogP contribution in [0.25, 0.3) is 0 Å². The second-order valence-electron chi connectivity index (χ2n) is 3.71. The highest BCUT2D eigenvalue weighted by molar-refractivity contribution is 7.90. The summed E-state index contributed by atoms with van der Waals surface area (Å²) in [4.78, 5) is 15.9. The van der Waals surface area contributed by atoms with E-state index in [1.807, 2.05) is 0 Å². The van der Waals surface area contributed by atoms with Gasteiger partial charge in [-0.1, -0.05) is 24.0 Å². The van der Waals surface area contributed by atoms with Gasteiger partial charge in [0.2, 0.25) is 0 Å². The van der Waals surface area contributed by atoms with Gasteiger partial charge in [-0.25, -0.2) is 14.5 Å². The molecule has 0 unspecified atom stereocenters. The number of nitrogens with one attached hydrogen (secondary N) is 1. The molecule has 0 aliphatic heterocycles. The van der Waals surface area contributed by atoms with Crippen LogP contribution in [0.1, 0.15) is 15.4 Å². The summed E-state index contributed by atoms with van der Waals surface area (Å²) in [5.74, 6) is -0.551. The number of carbonyl (C=O) groups excluding carboxylic acids is 1. The van der Waals surface area contributed by atoms with E-state index in [4.69, 9.17) is 4.74 Å². The van der Waals surface area contributed by atoms with E-state index in [1.54, 1.807) is 6.92 Å². The highest BCUT2D eigenvalue weighted by Gasteiger charge is 2.20. The summed E-state index contributed by atoms with van der Waals surface area (Å²) in [6.45, 7) is 5.13. The van der Waals surface area contributed by atoms with Crippen molar-refractivity contribution in [2.24, 2.45) is 0 Å². The monoisotopic (exact) mass is 305 g/mol. The topological polar surface area (TPSA) is 88.6 Å². The third-order valence-electron chi connectivity index (χ3n) is 2.01. The lowest BCUT2D eigenvalue weighted by atomic mass is 10.4. The zero-order valence-corrected chi connectivity index (χ0v) is 12.5. The number of hydrogen-bond donors (Lipinski definition) is 1. The predicted molar refractivity (Wildman–Crippen MR) is 73.6 cm³/mol. The van der Waals surface area contributed by atoms with Crippen LogP contribution in [0.15, 0.2) is 12.7 Å². The second kappa shape index (κ2) is 6.13. The van der Waals surface area contributed by atoms with Crippen LogP contribution in [-0.4, -0.2) is 44.4 Å². The first-order valence-electron chi connectivity index (χ1n) is 5.23. The summed E-state index contributed by atoms with van der Waals surface area (Å²) in [6, 6.07) is 0. The first-order chi connectivity index (χ1) is 8.77. The lowest BCUT2D eigenvalue weighted by Gasteiger charge is -2.10. The van der Waals surface area contributed by atoms with Crippen molar-refractivity contribution in [1.82, 2.24) is 9.29 Å². The highest BCUT2D eigenvalue weighted by Crippen LogP contribution is 2.24. The Bertz CT molecular complexity index is 578. The van der Waals surface area contributed by atoms with Gasteiger partial charge >= 0.3 is 16.2 Å². The minimum Gasteiger partial charge on any atom is -0.457 e. The first-order valence-corrected chi connectivity index (χ1v) is 7.49. The van der Waals surface area contributed by atoms with E-state index in [-0.39, 0.29) is 16.6 Å². The molecule has 1 aromatic rings. The minimum atomic E-state index is -3.63. The number of hydrogen-bond acceptors (Lipinski definition) is 6. The van der Waals surface area contributed by atoms with E-state index in [2.05, 4.69) is 16.3 Å². The molecule has 0 saturated heterocycles. The third kappa shape index (κ3) is 4.01. The molecule has 1 aromatic heterocycles. The first kappa shape index (κ1) is 15.6. The van der Waals surface area contributed by atoms with Crippen molar-refractivity contribution in [2.45, 2.75) is 6.92 Å². The highest BCUT2D eigenvalue weighted by atomic mass is 32.2. The van der Waals surface area contributed by atoms with Crippen molar-refractivity contribution in [2.75, 3.05) is 25.4 Å². The number of aryl methyl sites for hydroxylation is 1. The number of rotatable bonds is 6. The van der Waals surface area contributed by atoms with Crippen LogP contribution in [0.3, 0.4) is 0 Å². The molecule has 0 atom stereocenters. The molecular formula is C10H15N3O4S2. The summed E-state index contributed by atoms with van der Waals surface area (Å²) in [5, 5.41) is 0.122. The van der Waals surface area contributed by atoms with Crippen LogP contribution in [0.5, 0.6) is 0 Å². The Morgan fingerprint density at radius 1 is 1.58 bits per heavy atom. The average Bonchev–Trinajstić information content (AvgIpc) is 2.66. The van der Waals surface area contributed by atoms with E-state index in [9.17, 15) is 13.2 Å². The summed E-state index contributed by atoms with van der Waals surface area (Å²) < 4.78 is 31.4. The maximum Gasteiger partial charge on any atom is 0.350 e. The van der Waals surface area contributed by atoms with Crippen LogP contribution in [-0.2, 0) is 14.9 Å². The lowest BCUT2D eigenvalue weighted by Crippen LogP contribution is -2.28. The van der Waals surface area contributed by atoms with Crippen LogP contribution in [0.4, 0.5) is 5.13 Å². The van der Waals surface area contributed by atoms with Crippen LogP contribution in [0.2, 0.25) is 0 Å². The van der Waals surface area contributed by atoms with Gasteiger partial charge in [-0.2, -0.15) is 12.7 Å². The summed E-state index contributed by atoms with van der Waals surface area (Å²) in [5.41, 5.74) is 0.413. The molecule has 0 spiro atoms. The molecule has 0 aromatic carbocycles. The number of esters is 1. The molecule has 1 heterocycles. The Morgan fingerprint density at radius 3 is 2.74 bits per heavy atom. The molecule has 19 heavy (non-hydrogen) atoms. The van der Waals surface area contributed by atoms with Gasteiger partial charge in [0.05, 0.1) is 5.69 Å². The smallest absolute Gasteiger partial charge is 0.350 e. The second-order valence-corrected chi connectivity index (χ2v) is 6.59. The predicted octanol–water partition coefficient (Wildman–Crippen LogP) is 1.01. The molecule has 0 aliphatic rings. The molecule has 9 heteroatoms. The van der Waals surface area contributed by atoms with Gasteiger partial charge in [0.25, 0.3) is 0 Å². The number of ether oxygens (including phenoxy) is 1. The van der Waals surface area contributed by atoms with Gasteiger partial charge in [0.1, 0.15) is 11.5 Å². The van der Waals surface area contributed by atoms with Crippen molar-refractivity contribution >= 4 is 32.6 Å². The fourth-order valence-corrected chi connectivity index (χ4v) is 2.67. The van der Waals surface area contributed by atoms with E-state index in [0.717, 1.165) is 15.6 Å². The SMILES string of the molecule is C=CCOC(=O)c1sc(NS(=O)(=O)N(C)C)nc1C. The number of thiazole rings is 1. The van der Waals surface area contributed by atoms with Gasteiger partial charge in [0.15, 0.2) is 5.13 Å². The van der Waals surface area contributed by atoms with Crippen molar-refractivity contribution in [3.63, 3.8) is 0 Å². The van der Waals surface area contributed by atoms with Crippen molar-refractivity contribution < 1.29 is 17.9 Å². The van der Waals surface area contributed by atoms with Crippen molar-refractivity contribution in [3.05, 3.63) is 23.2 Å². The molecule has 1 N–H and O–H groups in total. The normalized spacial score (nSPS) is 11.4. The Morgan fingerprint density at radius 2 is 2.21 bits per heavy atom. The molecule has 0 radical (unpaired) electrons. The maximum absolute atomic E-state index is 11.6. The molecule has 0 amide bonds. The number of aromatic nitrogens is 1. The molecular weight excluding hydrogens is 290 g/mol. The van der Waals surface area contributed by atoms with Gasteiger partial charge in [-0.05, 0) is 6.92 Å².